The number of hydrogen-bond donors (Lipinski definition) is 6. The van der Waals surface area contributed by atoms with Gasteiger partial charge in [-0.05, 0) is 201 Å². The SMILES string of the molecule is CC(C)(C)OC(=O)n1c(B(O)O)cc2ccccc21.COC(=O)c1ccc2c(C3CCCCC3)c(-c3cc4ccccc4[nH]3)[nH]c2c1.COC(=O)c1ccc2c(C3CCCCC3)c(Br)[nH]c2c1.ICCCI.O=C(O)c1ccc2c(C3CCCCC3)c3n(c2c1)CCCn1c-3cc2ccccc21. The summed E-state index contributed by atoms with van der Waals surface area (Å²) in [6.45, 7) is 7.19. The number of halogens is 3. The van der Waals surface area contributed by atoms with E-state index in [1.165, 1.54) is 191 Å². The van der Waals surface area contributed by atoms with E-state index in [2.05, 4.69) is 158 Å². The van der Waals surface area contributed by atoms with Gasteiger partial charge < -0.3 is 53.5 Å². The van der Waals surface area contributed by atoms with Crippen molar-refractivity contribution in [3.8, 4) is 22.8 Å². The number of alkyl halides is 2. The predicted molar refractivity (Wildman–Crippen MR) is 432 cm³/mol. The monoisotopic (exact) mass is 1660 g/mol. The number of H-pyrrole nitrogens is 3. The Hall–Kier alpha value is -7.64. The molecule has 0 atom stereocenters. The number of hydrogen-bond acceptors (Lipinski definition) is 9. The van der Waals surface area contributed by atoms with Gasteiger partial charge in [0, 0.05) is 76.5 Å². The predicted octanol–water partition coefficient (Wildman–Crippen LogP) is 20.7. The van der Waals surface area contributed by atoms with E-state index in [1.807, 2.05) is 42.5 Å². The van der Waals surface area contributed by atoms with Gasteiger partial charge in [-0.25, -0.2) is 19.2 Å². The van der Waals surface area contributed by atoms with Crippen LogP contribution >= 0.6 is 61.1 Å². The van der Waals surface area contributed by atoms with Crippen molar-refractivity contribution in [3.05, 3.63) is 184 Å². The Morgan fingerprint density at radius 1 is 0.529 bits per heavy atom. The van der Waals surface area contributed by atoms with Crippen LogP contribution in [0.2, 0.25) is 0 Å². The van der Waals surface area contributed by atoms with Crippen molar-refractivity contribution in [2.45, 2.75) is 166 Å². The molecule has 3 fully saturated rings. The summed E-state index contributed by atoms with van der Waals surface area (Å²) in [5.74, 6) is 0.274. The summed E-state index contributed by atoms with van der Waals surface area (Å²) < 4.78 is 24.7. The molecule has 1 aliphatic heterocycles. The van der Waals surface area contributed by atoms with Crippen molar-refractivity contribution in [2.24, 2.45) is 0 Å². The number of carboxylic acids is 1. The lowest BCUT2D eigenvalue weighted by Crippen LogP contribution is -2.40. The molecule has 6 N–H and O–H groups in total. The Morgan fingerprint density at radius 2 is 1.04 bits per heavy atom. The number of benzene rings is 6. The zero-order chi connectivity index (χ0) is 71.8. The molecule has 6 aromatic heterocycles. The first-order chi connectivity index (χ1) is 49.4. The smallest absolute Gasteiger partial charge is 0.478 e. The molecule has 4 aliphatic rings. The van der Waals surface area contributed by atoms with Gasteiger partial charge in [-0.2, -0.15) is 0 Å². The highest BCUT2D eigenvalue weighted by molar-refractivity contribution is 14.1. The lowest BCUT2D eigenvalue weighted by molar-refractivity contribution is 0.0544. The van der Waals surface area contributed by atoms with Crippen molar-refractivity contribution in [1.82, 2.24) is 28.7 Å². The Kier molecular flexibility index (Phi) is 24.3. The van der Waals surface area contributed by atoms with Crippen LogP contribution < -0.4 is 5.59 Å². The third-order valence-electron chi connectivity index (χ3n) is 20.3. The second kappa shape index (κ2) is 33.4. The van der Waals surface area contributed by atoms with Crippen LogP contribution in [0.15, 0.2) is 150 Å². The molecule has 0 amide bonds. The lowest BCUT2D eigenvalue weighted by atomic mass is 9.82. The normalized spacial score (nSPS) is 15.0. The Labute approximate surface area is 631 Å². The number of carbonyl (C=O) groups excluding carboxylic acids is 3. The quantitative estimate of drug-likeness (QED) is 0.0250. The van der Waals surface area contributed by atoms with Crippen molar-refractivity contribution in [1.29, 1.82) is 0 Å². The van der Waals surface area contributed by atoms with Crippen LogP contribution in [0, 0.1) is 0 Å². The molecule has 7 heterocycles. The molecule has 20 heteroatoms. The molecule has 3 aliphatic carbocycles. The molecule has 102 heavy (non-hydrogen) atoms. The molecule has 16 nitrogen and oxygen atoms in total. The topological polar surface area (TPSA) is 219 Å². The highest BCUT2D eigenvalue weighted by Gasteiger charge is 2.32. The Balaban J connectivity index is 0.000000128. The molecule has 0 radical (unpaired) electrons. The number of carbonyl (C=O) groups is 4. The number of methoxy groups -OCH3 is 2. The van der Waals surface area contributed by atoms with Crippen LogP contribution in [0.5, 0.6) is 0 Å². The molecule has 0 saturated heterocycles. The molecule has 0 bridgehead atoms. The Morgan fingerprint density at radius 3 is 1.60 bits per heavy atom. The molecule has 16 rings (SSSR count). The number of carboxylic acid groups (broad SMARTS) is 1. The number of aromatic amines is 3. The van der Waals surface area contributed by atoms with Crippen molar-refractivity contribution >= 4 is 163 Å². The Bertz CT molecular complexity index is 4940. The first-order valence-electron chi connectivity index (χ1n) is 35.9. The molecule has 6 aromatic carbocycles. The first-order valence-corrected chi connectivity index (χ1v) is 39.7. The maximum Gasteiger partial charge on any atom is 0.506 e. The third-order valence-corrected chi connectivity index (χ3v) is 22.5. The van der Waals surface area contributed by atoms with Crippen LogP contribution in [0.25, 0.3) is 88.2 Å². The standard InChI is InChI=1S/C26H26N2O2.C24H24N2O2.C16H18BrNO2.C13H16BNO4.C3H6I2/c29-26(30)19-11-12-20-22(16-19)28-14-6-13-27-21-10-5-4-9-18(21)15-23(27)25(28)24(20)17-7-2-1-3-8-17;1-28-24(27)17-11-12-18-20(14-17)26-23(22(18)15-7-3-2-4-8-15)21-13-16-9-5-6-10-19(16)25-21;1-20-16(19)11-7-8-12-13(9-11)18-15(17)14(12)10-5-3-2-4-6-10;1-13(2,3)19-12(16)15-10-7-5-4-6-9(10)8-11(15)14(17)18;4-2-1-3-5/h4-5,9-12,15-17H,1-3,6-8,13-14H2,(H,29,30);5-6,9-15,25-26H,2-4,7-8H2,1H3;7-10,18H,2-6H2,1H3;4-8,17-18H,1-3H3;1-3H2. The fraction of sp³-hybridized carbons (Fsp3) is 0.366. The van der Waals surface area contributed by atoms with Gasteiger partial charge in [-0.1, -0.05) is 176 Å². The summed E-state index contributed by atoms with van der Waals surface area (Å²) >= 11 is 8.42. The molecular weight excluding hydrogens is 1570 g/mol. The molecule has 0 spiro atoms. The van der Waals surface area contributed by atoms with E-state index in [9.17, 15) is 34.3 Å². The second-order valence-electron chi connectivity index (χ2n) is 28.1. The lowest BCUT2D eigenvalue weighted by Gasteiger charge is -2.23. The summed E-state index contributed by atoms with van der Waals surface area (Å²) in [6, 6.07) is 47.6. The van der Waals surface area contributed by atoms with Gasteiger partial charge in [0.15, 0.2) is 0 Å². The van der Waals surface area contributed by atoms with Gasteiger partial charge in [0.25, 0.3) is 0 Å². The number of nitrogens with one attached hydrogen (secondary N) is 3. The molecule has 532 valence electrons. The number of aromatic nitrogens is 6. The largest absolute Gasteiger partial charge is 0.506 e. The van der Waals surface area contributed by atoms with Crippen LogP contribution in [0.1, 0.15) is 195 Å². The molecule has 12 aromatic rings. The van der Waals surface area contributed by atoms with E-state index >= 15 is 0 Å². The van der Waals surface area contributed by atoms with Gasteiger partial charge in [0.2, 0.25) is 0 Å². The minimum absolute atomic E-state index is 0.0930. The van der Waals surface area contributed by atoms with E-state index < -0.39 is 24.8 Å². The highest BCUT2D eigenvalue weighted by atomic mass is 127. The van der Waals surface area contributed by atoms with Crippen LogP contribution in [-0.4, -0.2) is 104 Å². The van der Waals surface area contributed by atoms with Gasteiger partial charge in [-0.3, -0.25) is 4.57 Å². The fourth-order valence-corrected chi connectivity index (χ4v) is 18.7. The number of aromatic carboxylic acids is 1. The van der Waals surface area contributed by atoms with E-state index in [0.29, 0.717) is 40.0 Å². The number of fused-ring (bicyclic) bond motifs is 11. The van der Waals surface area contributed by atoms with E-state index in [4.69, 9.17) is 14.2 Å². The number of aryl methyl sites for hydroxylation is 2. The molecule has 3 saturated carbocycles. The summed E-state index contributed by atoms with van der Waals surface area (Å²) in [5.41, 5.74) is 16.2. The van der Waals surface area contributed by atoms with Crippen LogP contribution in [0.4, 0.5) is 4.79 Å². The molecule has 0 unspecified atom stereocenters. The van der Waals surface area contributed by atoms with Gasteiger partial charge in [0.1, 0.15) is 5.60 Å². The fourth-order valence-electron chi connectivity index (χ4n) is 15.7. The summed E-state index contributed by atoms with van der Waals surface area (Å²) in [4.78, 5) is 58.0. The van der Waals surface area contributed by atoms with Crippen molar-refractivity contribution in [3.63, 3.8) is 0 Å². The number of para-hydroxylation sites is 3. The third kappa shape index (κ3) is 16.3. The maximum absolute atomic E-state index is 12.2. The zero-order valence-electron chi connectivity index (χ0n) is 58.7. The number of esters is 2. The van der Waals surface area contributed by atoms with Crippen LogP contribution in [0.3, 0.4) is 0 Å². The summed E-state index contributed by atoms with van der Waals surface area (Å²) in [6.07, 6.45) is 20.9. The summed E-state index contributed by atoms with van der Waals surface area (Å²) in [7, 11) is 1.09. The minimum Gasteiger partial charge on any atom is -0.478 e. The second-order valence-corrected chi connectivity index (χ2v) is 31.1. The average molecular weight is 1660 g/mol. The van der Waals surface area contributed by atoms with Crippen molar-refractivity contribution in [2.75, 3.05) is 23.1 Å². The summed E-state index contributed by atoms with van der Waals surface area (Å²) in [5, 5.41) is 35.3. The highest BCUT2D eigenvalue weighted by Crippen LogP contribution is 2.48. The van der Waals surface area contributed by atoms with E-state index in [1.54, 1.807) is 51.1 Å². The number of ether oxygens (including phenoxy) is 3. The van der Waals surface area contributed by atoms with Crippen molar-refractivity contribution < 1.29 is 48.5 Å². The number of rotatable bonds is 10. The zero-order valence-corrected chi connectivity index (χ0v) is 64.6. The van der Waals surface area contributed by atoms with E-state index in [0.717, 1.165) is 63.0 Å². The maximum atomic E-state index is 12.2. The molecular formula is C82H90BBrI2N6O10. The van der Waals surface area contributed by atoms with Crippen LogP contribution in [-0.2, 0) is 27.3 Å². The minimum atomic E-state index is -1.74. The average Bonchev–Trinajstić information content (AvgIpc) is 1.57. The van der Waals surface area contributed by atoms with Gasteiger partial charge in [-0.15, -0.1) is 0 Å². The number of nitrogens with zero attached hydrogens (tertiary/aromatic N) is 3. The van der Waals surface area contributed by atoms with E-state index in [-0.39, 0.29) is 17.5 Å². The first kappa shape index (κ1) is 74.1. The van der Waals surface area contributed by atoms with Gasteiger partial charge >= 0.3 is 31.1 Å². The van der Waals surface area contributed by atoms with Gasteiger partial charge in [0.05, 0.1) is 69.4 Å².